The van der Waals surface area contributed by atoms with Crippen LogP contribution in [0.2, 0.25) is 0 Å². The van der Waals surface area contributed by atoms with Crippen molar-refractivity contribution >= 4 is 32.5 Å². The van der Waals surface area contributed by atoms with Crippen LogP contribution >= 0.6 is 0 Å². The molecule has 6 nitrogen and oxygen atoms in total. The summed E-state index contributed by atoms with van der Waals surface area (Å²) >= 11 is 0. The number of H-pyrrole nitrogens is 1. The molecule has 0 fully saturated rings. The summed E-state index contributed by atoms with van der Waals surface area (Å²) in [4.78, 5) is 18.8. The van der Waals surface area contributed by atoms with Crippen LogP contribution in [-0.2, 0) is 21.2 Å². The molecule has 2 heterocycles. The van der Waals surface area contributed by atoms with Gasteiger partial charge in [-0.1, -0.05) is 12.1 Å². The number of hydrogen-bond acceptors (Lipinski definition) is 4. The van der Waals surface area contributed by atoms with Gasteiger partial charge in [-0.05, 0) is 42.3 Å². The number of fused-ring (bicyclic) bond motifs is 1. The third-order valence-corrected chi connectivity index (χ3v) is 4.13. The SMILES string of the molecule is CC(=O)Cc1cc2c(-c3ccc(NS(C)(=O)=O)cc3)ccnc2[nH]1. The molecule has 0 radical (unpaired) electrons. The highest BCUT2D eigenvalue weighted by Gasteiger charge is 2.10. The van der Waals surface area contributed by atoms with Crippen molar-refractivity contribution in [2.45, 2.75) is 13.3 Å². The lowest BCUT2D eigenvalue weighted by Crippen LogP contribution is -2.09. The molecule has 2 aromatic heterocycles. The first kappa shape index (κ1) is 16.2. The van der Waals surface area contributed by atoms with E-state index in [4.69, 9.17) is 0 Å². The number of hydrogen-bond donors (Lipinski definition) is 2. The van der Waals surface area contributed by atoms with Crippen LogP contribution in [0.3, 0.4) is 0 Å². The summed E-state index contributed by atoms with van der Waals surface area (Å²) in [6, 6.07) is 11.0. The summed E-state index contributed by atoms with van der Waals surface area (Å²) in [5, 5.41) is 0.928. The van der Waals surface area contributed by atoms with Crippen molar-refractivity contribution in [2.24, 2.45) is 0 Å². The number of ketones is 1. The Balaban J connectivity index is 1.99. The molecule has 7 heteroatoms. The molecule has 3 rings (SSSR count). The van der Waals surface area contributed by atoms with E-state index in [0.29, 0.717) is 12.1 Å². The first-order valence-corrected chi connectivity index (χ1v) is 9.25. The maximum absolute atomic E-state index is 11.3. The first-order valence-electron chi connectivity index (χ1n) is 7.36. The molecule has 1 aromatic carbocycles. The number of benzene rings is 1. The fourth-order valence-electron chi connectivity index (χ4n) is 2.63. The number of Topliss-reactive ketones (excluding diaryl/α,β-unsaturated/α-hetero) is 1. The Morgan fingerprint density at radius 2 is 1.92 bits per heavy atom. The molecule has 0 aliphatic heterocycles. The zero-order valence-corrected chi connectivity index (χ0v) is 14.1. The Kier molecular flexibility index (Phi) is 4.11. The first-order chi connectivity index (χ1) is 11.3. The smallest absolute Gasteiger partial charge is 0.229 e. The van der Waals surface area contributed by atoms with E-state index in [1.807, 2.05) is 24.3 Å². The third kappa shape index (κ3) is 3.62. The van der Waals surface area contributed by atoms with Gasteiger partial charge in [-0.25, -0.2) is 13.4 Å². The van der Waals surface area contributed by atoms with Crippen LogP contribution in [0, 0.1) is 0 Å². The summed E-state index contributed by atoms with van der Waals surface area (Å²) in [7, 11) is -3.29. The number of nitrogens with one attached hydrogen (secondary N) is 2. The minimum Gasteiger partial charge on any atom is -0.343 e. The lowest BCUT2D eigenvalue weighted by molar-refractivity contribution is -0.116. The largest absolute Gasteiger partial charge is 0.343 e. The van der Waals surface area contributed by atoms with Crippen LogP contribution in [-0.4, -0.2) is 30.4 Å². The highest BCUT2D eigenvalue weighted by Crippen LogP contribution is 2.29. The number of aromatic amines is 1. The molecule has 24 heavy (non-hydrogen) atoms. The fraction of sp³-hybridized carbons (Fsp3) is 0.176. The molecular weight excluding hydrogens is 326 g/mol. The van der Waals surface area contributed by atoms with Crippen molar-refractivity contribution in [3.8, 4) is 11.1 Å². The zero-order valence-electron chi connectivity index (χ0n) is 13.3. The Hall–Kier alpha value is -2.67. The molecule has 0 saturated heterocycles. The minimum atomic E-state index is -3.29. The highest BCUT2D eigenvalue weighted by atomic mass is 32.2. The van der Waals surface area contributed by atoms with Crippen molar-refractivity contribution in [1.29, 1.82) is 0 Å². The maximum Gasteiger partial charge on any atom is 0.229 e. The van der Waals surface area contributed by atoms with E-state index in [2.05, 4.69) is 14.7 Å². The van der Waals surface area contributed by atoms with E-state index in [-0.39, 0.29) is 5.78 Å². The number of pyridine rings is 1. The maximum atomic E-state index is 11.3. The van der Waals surface area contributed by atoms with E-state index >= 15 is 0 Å². The van der Waals surface area contributed by atoms with Crippen molar-refractivity contribution in [3.63, 3.8) is 0 Å². The fourth-order valence-corrected chi connectivity index (χ4v) is 3.19. The van der Waals surface area contributed by atoms with Gasteiger partial charge in [-0.15, -0.1) is 0 Å². The molecule has 0 bridgehead atoms. The lowest BCUT2D eigenvalue weighted by Gasteiger charge is -2.06. The van der Waals surface area contributed by atoms with Gasteiger partial charge in [-0.2, -0.15) is 0 Å². The summed E-state index contributed by atoms with van der Waals surface area (Å²) in [6.45, 7) is 1.55. The topological polar surface area (TPSA) is 91.9 Å². The number of nitrogens with zero attached hydrogens (tertiary/aromatic N) is 1. The second-order valence-corrected chi connectivity index (χ2v) is 7.49. The highest BCUT2D eigenvalue weighted by molar-refractivity contribution is 7.92. The van der Waals surface area contributed by atoms with E-state index in [0.717, 1.165) is 34.1 Å². The van der Waals surface area contributed by atoms with Gasteiger partial charge in [0.15, 0.2) is 0 Å². The average Bonchev–Trinajstić information content (AvgIpc) is 2.87. The Morgan fingerprint density at radius 3 is 2.54 bits per heavy atom. The van der Waals surface area contributed by atoms with E-state index in [1.54, 1.807) is 25.3 Å². The van der Waals surface area contributed by atoms with Gasteiger partial charge < -0.3 is 4.98 Å². The number of anilines is 1. The van der Waals surface area contributed by atoms with Crippen molar-refractivity contribution in [2.75, 3.05) is 11.0 Å². The average molecular weight is 343 g/mol. The van der Waals surface area contributed by atoms with Crippen LogP contribution in [0.4, 0.5) is 5.69 Å². The summed E-state index contributed by atoms with van der Waals surface area (Å²) < 4.78 is 25.0. The number of sulfonamides is 1. The van der Waals surface area contributed by atoms with Gasteiger partial charge in [0.25, 0.3) is 0 Å². The van der Waals surface area contributed by atoms with E-state index in [9.17, 15) is 13.2 Å². The van der Waals surface area contributed by atoms with Crippen LogP contribution in [0.25, 0.3) is 22.2 Å². The summed E-state index contributed by atoms with van der Waals surface area (Å²) in [6.07, 6.45) is 3.16. The molecule has 2 N–H and O–H groups in total. The molecule has 0 spiro atoms. The quantitative estimate of drug-likeness (QED) is 0.745. The van der Waals surface area contributed by atoms with Gasteiger partial charge in [0.05, 0.1) is 6.26 Å². The predicted octanol–water partition coefficient (Wildman–Crippen LogP) is 2.73. The van der Waals surface area contributed by atoms with Gasteiger partial charge >= 0.3 is 0 Å². The van der Waals surface area contributed by atoms with Gasteiger partial charge in [-0.3, -0.25) is 9.52 Å². The third-order valence-electron chi connectivity index (χ3n) is 3.53. The molecule has 0 unspecified atom stereocenters. The molecule has 124 valence electrons. The lowest BCUT2D eigenvalue weighted by atomic mass is 10.0. The summed E-state index contributed by atoms with van der Waals surface area (Å²) in [5.74, 6) is 0.0827. The Morgan fingerprint density at radius 1 is 1.21 bits per heavy atom. The molecule has 0 atom stereocenters. The minimum absolute atomic E-state index is 0.0827. The zero-order chi connectivity index (χ0) is 17.3. The molecule has 0 aliphatic carbocycles. The van der Waals surface area contributed by atoms with E-state index in [1.165, 1.54) is 0 Å². The Labute approximate surface area is 140 Å². The standard InChI is InChI=1S/C17H17N3O3S/c1-11(21)9-14-10-16-15(7-8-18-17(16)19-14)12-3-5-13(6-4-12)20-24(2,22)23/h3-8,10,20H,9H2,1-2H3,(H,18,19). The second-order valence-electron chi connectivity index (χ2n) is 5.75. The van der Waals surface area contributed by atoms with Crippen molar-refractivity contribution < 1.29 is 13.2 Å². The van der Waals surface area contributed by atoms with Gasteiger partial charge in [0, 0.05) is 29.4 Å². The molecule has 0 aliphatic rings. The van der Waals surface area contributed by atoms with Crippen molar-refractivity contribution in [1.82, 2.24) is 9.97 Å². The van der Waals surface area contributed by atoms with E-state index < -0.39 is 10.0 Å². The number of aromatic nitrogens is 2. The van der Waals surface area contributed by atoms with Crippen LogP contribution in [0.1, 0.15) is 12.6 Å². The Bertz CT molecular complexity index is 1010. The van der Waals surface area contributed by atoms with Crippen LogP contribution in [0.5, 0.6) is 0 Å². The number of rotatable bonds is 5. The van der Waals surface area contributed by atoms with Crippen molar-refractivity contribution in [3.05, 3.63) is 48.3 Å². The predicted molar refractivity (Wildman–Crippen MR) is 94.4 cm³/mol. The van der Waals surface area contributed by atoms with Crippen LogP contribution in [0.15, 0.2) is 42.6 Å². The normalized spacial score (nSPS) is 11.6. The molecule has 3 aromatic rings. The molecule has 0 amide bonds. The molecule has 0 saturated carbocycles. The number of carbonyl (C=O) groups is 1. The second kappa shape index (κ2) is 6.09. The molecular formula is C17H17N3O3S. The van der Waals surface area contributed by atoms with Crippen LogP contribution < -0.4 is 4.72 Å². The van der Waals surface area contributed by atoms with Gasteiger partial charge in [0.1, 0.15) is 11.4 Å². The summed E-state index contributed by atoms with van der Waals surface area (Å²) in [5.41, 5.74) is 3.97. The van der Waals surface area contributed by atoms with Gasteiger partial charge in [0.2, 0.25) is 10.0 Å². The number of carbonyl (C=O) groups excluding carboxylic acids is 1. The monoisotopic (exact) mass is 343 g/mol.